The second-order valence-corrected chi connectivity index (χ2v) is 7.57. The third-order valence-electron chi connectivity index (χ3n) is 3.26. The Balaban J connectivity index is 2.50. The molecule has 0 amide bonds. The first-order valence-electron chi connectivity index (χ1n) is 7.08. The molecule has 0 saturated heterocycles. The summed E-state index contributed by atoms with van der Waals surface area (Å²) < 4.78 is 68.4. The maximum absolute atomic E-state index is 13.4. The molecule has 2 rings (SSSR count). The summed E-state index contributed by atoms with van der Waals surface area (Å²) >= 11 is 2.75. The van der Waals surface area contributed by atoms with Gasteiger partial charge in [-0.05, 0) is 40.5 Å². The fraction of sp³-hybridized carbons (Fsp3) is 0.118. The zero-order chi connectivity index (χ0) is 19.5. The normalized spacial score (nSPS) is 13.1. The van der Waals surface area contributed by atoms with Gasteiger partial charge < -0.3 is 4.18 Å². The van der Waals surface area contributed by atoms with Crippen LogP contribution in [0.25, 0.3) is 4.48 Å². The van der Waals surface area contributed by atoms with Crippen LogP contribution in [0.3, 0.4) is 0 Å². The van der Waals surface area contributed by atoms with E-state index in [1.165, 1.54) is 36.4 Å². The maximum Gasteiger partial charge on any atom is 0.451 e. The van der Waals surface area contributed by atoms with Gasteiger partial charge in [-0.2, -0.15) is 21.6 Å². The van der Waals surface area contributed by atoms with Gasteiger partial charge in [0.25, 0.3) is 0 Å². The van der Waals surface area contributed by atoms with Crippen molar-refractivity contribution in [2.45, 2.75) is 18.0 Å². The van der Waals surface area contributed by atoms with Crippen molar-refractivity contribution in [1.82, 2.24) is 0 Å². The highest BCUT2D eigenvalue weighted by atomic mass is 79.9. The number of carbonyl (C=O) groups excluding carboxylic acids is 1. The zero-order valence-electron chi connectivity index (χ0n) is 13.2. The Morgan fingerprint density at radius 2 is 1.58 bits per heavy atom. The van der Waals surface area contributed by atoms with Crippen LogP contribution in [0.4, 0.5) is 13.2 Å². The lowest BCUT2D eigenvalue weighted by molar-refractivity contribution is -0.114. The van der Waals surface area contributed by atoms with Crippen molar-refractivity contribution >= 4 is 36.8 Å². The van der Waals surface area contributed by atoms with E-state index in [1.54, 1.807) is 6.92 Å². The van der Waals surface area contributed by atoms with Crippen LogP contribution in [0, 0.1) is 6.92 Å². The van der Waals surface area contributed by atoms with E-state index in [0.29, 0.717) is 6.29 Å². The van der Waals surface area contributed by atoms with Crippen molar-refractivity contribution in [3.63, 3.8) is 0 Å². The molecule has 0 atom stereocenters. The van der Waals surface area contributed by atoms with E-state index in [2.05, 4.69) is 20.1 Å². The van der Waals surface area contributed by atoms with E-state index in [0.717, 1.165) is 17.7 Å². The van der Waals surface area contributed by atoms with Crippen LogP contribution in [0.2, 0.25) is 0 Å². The van der Waals surface area contributed by atoms with E-state index in [4.69, 9.17) is 0 Å². The number of aldehydes is 1. The Kier molecular flexibility index (Phi) is 5.92. The third-order valence-corrected chi connectivity index (χ3v) is 5.31. The van der Waals surface area contributed by atoms with Gasteiger partial charge in [-0.1, -0.05) is 42.0 Å². The summed E-state index contributed by atoms with van der Waals surface area (Å²) in [5, 5.41) is 0. The lowest BCUT2D eigenvalue weighted by Crippen LogP contribution is -2.19. The van der Waals surface area contributed by atoms with Gasteiger partial charge in [-0.25, -0.2) is 0 Å². The summed E-state index contributed by atoms with van der Waals surface area (Å²) in [6.07, 6.45) is -4.54. The summed E-state index contributed by atoms with van der Waals surface area (Å²) in [6, 6.07) is 10.3. The van der Waals surface area contributed by atoms with Gasteiger partial charge in [-0.15, -0.1) is 0 Å². The van der Waals surface area contributed by atoms with Gasteiger partial charge in [-0.3, -0.25) is 4.79 Å². The Bertz CT molecular complexity index is 931. The summed E-state index contributed by atoms with van der Waals surface area (Å²) in [5.74, 6) is -1.71. The Morgan fingerprint density at radius 1 is 1.04 bits per heavy atom. The molecule has 0 aliphatic rings. The molecule has 0 radical (unpaired) electrons. The molecule has 2 aromatic carbocycles. The molecule has 26 heavy (non-hydrogen) atoms. The van der Waals surface area contributed by atoms with E-state index in [9.17, 15) is 26.4 Å². The Hall–Kier alpha value is -2.13. The van der Waals surface area contributed by atoms with Gasteiger partial charge in [0.15, 0.2) is 0 Å². The largest absolute Gasteiger partial charge is 0.451 e. The zero-order valence-corrected chi connectivity index (χ0v) is 15.7. The van der Waals surface area contributed by atoms with Gasteiger partial charge in [0.1, 0.15) is 11.2 Å². The van der Waals surface area contributed by atoms with Crippen molar-refractivity contribution in [3.05, 3.63) is 71.0 Å². The van der Waals surface area contributed by atoms with Crippen LogP contribution < -0.4 is 0 Å². The minimum Gasteiger partial charge on any atom is -0.372 e. The summed E-state index contributed by atoms with van der Waals surface area (Å²) in [4.78, 5) is 10.2. The number of benzene rings is 2. The smallest absolute Gasteiger partial charge is 0.372 e. The number of alkyl halides is 3. The van der Waals surface area contributed by atoms with Gasteiger partial charge in [0.05, 0.1) is 4.48 Å². The molecule has 138 valence electrons. The monoisotopic (exact) mass is 448 g/mol. The molecule has 4 nitrogen and oxygen atoms in total. The highest BCUT2D eigenvalue weighted by Crippen LogP contribution is 2.38. The van der Waals surface area contributed by atoms with Crippen LogP contribution in [0.5, 0.6) is 0 Å². The van der Waals surface area contributed by atoms with E-state index in [-0.39, 0.29) is 11.1 Å². The van der Waals surface area contributed by atoms with Gasteiger partial charge in [0.2, 0.25) is 5.76 Å². The molecule has 0 bridgehead atoms. The van der Waals surface area contributed by atoms with Crippen molar-refractivity contribution in [1.29, 1.82) is 0 Å². The van der Waals surface area contributed by atoms with Crippen LogP contribution in [0.1, 0.15) is 21.5 Å². The summed E-state index contributed by atoms with van der Waals surface area (Å²) in [7, 11) is -4.69. The molecule has 2 aromatic rings. The van der Waals surface area contributed by atoms with Crippen LogP contribution in [-0.4, -0.2) is 20.9 Å². The number of allylic oxidation sites excluding steroid dienone is 1. The topological polar surface area (TPSA) is 60.4 Å². The predicted molar refractivity (Wildman–Crippen MR) is 93.2 cm³/mol. The van der Waals surface area contributed by atoms with Crippen molar-refractivity contribution < 1.29 is 30.6 Å². The number of hydrogen-bond acceptors (Lipinski definition) is 4. The first-order chi connectivity index (χ1) is 12.0. The highest BCUT2D eigenvalue weighted by molar-refractivity contribution is 9.15. The Labute approximate surface area is 156 Å². The molecule has 0 aliphatic carbocycles. The SMILES string of the molecule is Cc1ccc(S(=O)(=O)O/C(=C(/Br)c2ccc(C=O)cc2)C(F)(F)F)cc1. The van der Waals surface area contributed by atoms with Crippen molar-refractivity contribution in [2.24, 2.45) is 0 Å². The van der Waals surface area contributed by atoms with Crippen LogP contribution in [-0.2, 0) is 14.3 Å². The molecule has 0 spiro atoms. The molecule has 9 heteroatoms. The molecule has 0 heterocycles. The molecule has 0 N–H and O–H groups in total. The minimum atomic E-state index is -5.07. The predicted octanol–water partition coefficient (Wildman–Crippen LogP) is 4.84. The fourth-order valence-corrected chi connectivity index (χ4v) is 3.55. The lowest BCUT2D eigenvalue weighted by atomic mass is 10.1. The molecule has 0 unspecified atom stereocenters. The van der Waals surface area contributed by atoms with Crippen molar-refractivity contribution in [2.75, 3.05) is 0 Å². The van der Waals surface area contributed by atoms with Crippen LogP contribution in [0.15, 0.2) is 59.2 Å². The average molecular weight is 449 g/mol. The average Bonchev–Trinajstić information content (AvgIpc) is 2.59. The maximum atomic E-state index is 13.4. The van der Waals surface area contributed by atoms with Gasteiger partial charge in [0, 0.05) is 5.56 Å². The second kappa shape index (κ2) is 7.63. The summed E-state index contributed by atoms with van der Waals surface area (Å²) in [5.41, 5.74) is 1.00. The standard InChI is InChI=1S/C17H12BrF3O4S/c1-11-2-8-14(9-3-11)26(23,24)25-16(17(19,20)21)15(18)13-6-4-12(10-22)5-7-13/h2-10H,1H3/b16-15+. The van der Waals surface area contributed by atoms with E-state index in [1.807, 2.05) is 0 Å². The molecule has 0 aromatic heterocycles. The molecule has 0 fully saturated rings. The molecular weight excluding hydrogens is 437 g/mol. The molecule has 0 aliphatic heterocycles. The molecule has 0 saturated carbocycles. The lowest BCUT2D eigenvalue weighted by Gasteiger charge is -2.16. The summed E-state index contributed by atoms with van der Waals surface area (Å²) in [6.45, 7) is 1.71. The quantitative estimate of drug-likeness (QED) is 0.373. The number of rotatable bonds is 5. The van der Waals surface area contributed by atoms with Crippen molar-refractivity contribution in [3.8, 4) is 0 Å². The fourth-order valence-electron chi connectivity index (χ4n) is 1.91. The van der Waals surface area contributed by atoms with E-state index >= 15 is 0 Å². The number of aryl methyl sites for hydroxylation is 1. The van der Waals surface area contributed by atoms with Gasteiger partial charge >= 0.3 is 16.3 Å². The number of hydrogen-bond donors (Lipinski definition) is 0. The number of carbonyl (C=O) groups is 1. The third kappa shape index (κ3) is 4.73. The second-order valence-electron chi connectivity index (χ2n) is 5.23. The number of halogens is 4. The highest BCUT2D eigenvalue weighted by Gasteiger charge is 2.42. The van der Waals surface area contributed by atoms with E-state index < -0.39 is 31.4 Å². The first-order valence-corrected chi connectivity index (χ1v) is 9.28. The molecular formula is C17H12BrF3O4S. The Morgan fingerprint density at radius 3 is 2.04 bits per heavy atom. The van der Waals surface area contributed by atoms with Crippen LogP contribution >= 0.6 is 15.9 Å². The minimum absolute atomic E-state index is 0.00188. The first kappa shape index (κ1) is 20.2.